The second-order valence-electron chi connectivity index (χ2n) is 3.70. The van der Waals surface area contributed by atoms with Crippen molar-refractivity contribution < 1.29 is 4.79 Å². The van der Waals surface area contributed by atoms with Crippen LogP contribution in [0.5, 0.6) is 0 Å². The standard InChI is InChI=1S/C11H15N3O/c1-2-5-13-11(15)14-7-9-4-3-6-12-10(9)8-14/h3-4,6H,2,5,7-8H2,1H3,(H,13,15). The molecule has 0 unspecified atom stereocenters. The van der Waals surface area contributed by atoms with E-state index < -0.39 is 0 Å². The van der Waals surface area contributed by atoms with Crippen LogP contribution in [0.15, 0.2) is 18.3 Å². The Bertz CT molecular complexity index is 340. The summed E-state index contributed by atoms with van der Waals surface area (Å²) in [5.41, 5.74) is 2.17. The Morgan fingerprint density at radius 1 is 1.60 bits per heavy atom. The number of carbonyl (C=O) groups excluding carboxylic acids is 1. The van der Waals surface area contributed by atoms with Crippen molar-refractivity contribution in [1.82, 2.24) is 15.2 Å². The van der Waals surface area contributed by atoms with Crippen molar-refractivity contribution in [3.63, 3.8) is 0 Å². The Hall–Kier alpha value is -1.58. The quantitative estimate of drug-likeness (QED) is 0.795. The number of fused-ring (bicyclic) bond motifs is 1. The van der Waals surface area contributed by atoms with Crippen molar-refractivity contribution in [3.05, 3.63) is 29.6 Å². The average molecular weight is 205 g/mol. The van der Waals surface area contributed by atoms with E-state index in [4.69, 9.17) is 0 Å². The summed E-state index contributed by atoms with van der Waals surface area (Å²) in [6.07, 6.45) is 2.73. The molecule has 0 saturated heterocycles. The van der Waals surface area contributed by atoms with E-state index in [0.29, 0.717) is 13.1 Å². The molecule has 80 valence electrons. The molecule has 2 amide bonds. The summed E-state index contributed by atoms with van der Waals surface area (Å²) in [6.45, 7) is 4.09. The van der Waals surface area contributed by atoms with Gasteiger partial charge in [-0.2, -0.15) is 0 Å². The van der Waals surface area contributed by atoms with Crippen molar-refractivity contribution in [2.45, 2.75) is 26.4 Å². The van der Waals surface area contributed by atoms with Gasteiger partial charge in [0.2, 0.25) is 0 Å². The van der Waals surface area contributed by atoms with Gasteiger partial charge in [0, 0.05) is 19.3 Å². The largest absolute Gasteiger partial charge is 0.338 e. The molecule has 1 aromatic rings. The number of urea groups is 1. The lowest BCUT2D eigenvalue weighted by Gasteiger charge is -2.15. The number of aromatic nitrogens is 1. The summed E-state index contributed by atoms with van der Waals surface area (Å²) in [6, 6.07) is 3.94. The topological polar surface area (TPSA) is 45.2 Å². The van der Waals surface area contributed by atoms with Crippen LogP contribution in [0.2, 0.25) is 0 Å². The molecular weight excluding hydrogens is 190 g/mol. The van der Waals surface area contributed by atoms with Crippen LogP contribution in [0.4, 0.5) is 4.79 Å². The highest BCUT2D eigenvalue weighted by molar-refractivity contribution is 5.74. The van der Waals surface area contributed by atoms with Crippen LogP contribution in [0, 0.1) is 0 Å². The third-order valence-corrected chi connectivity index (χ3v) is 2.50. The van der Waals surface area contributed by atoms with Crippen LogP contribution in [-0.2, 0) is 13.1 Å². The number of pyridine rings is 1. The van der Waals surface area contributed by atoms with Crippen LogP contribution in [0.1, 0.15) is 24.6 Å². The molecule has 0 saturated carbocycles. The van der Waals surface area contributed by atoms with E-state index in [1.54, 1.807) is 11.1 Å². The van der Waals surface area contributed by atoms with Crippen LogP contribution >= 0.6 is 0 Å². The fourth-order valence-corrected chi connectivity index (χ4v) is 1.69. The van der Waals surface area contributed by atoms with E-state index >= 15 is 0 Å². The molecule has 1 aromatic heterocycles. The second kappa shape index (κ2) is 4.29. The molecule has 0 spiro atoms. The first-order valence-corrected chi connectivity index (χ1v) is 5.27. The van der Waals surface area contributed by atoms with E-state index in [0.717, 1.165) is 24.2 Å². The maximum Gasteiger partial charge on any atom is 0.318 e. The highest BCUT2D eigenvalue weighted by Crippen LogP contribution is 2.19. The first kappa shape index (κ1) is 9.96. The lowest BCUT2D eigenvalue weighted by atomic mass is 10.2. The minimum Gasteiger partial charge on any atom is -0.338 e. The Morgan fingerprint density at radius 3 is 3.20 bits per heavy atom. The van der Waals surface area contributed by atoms with Crippen LogP contribution < -0.4 is 5.32 Å². The number of amides is 2. The van der Waals surface area contributed by atoms with E-state index in [-0.39, 0.29) is 6.03 Å². The normalized spacial score (nSPS) is 13.8. The van der Waals surface area contributed by atoms with Gasteiger partial charge in [-0.1, -0.05) is 13.0 Å². The summed E-state index contributed by atoms with van der Waals surface area (Å²) in [4.78, 5) is 17.7. The van der Waals surface area contributed by atoms with Crippen molar-refractivity contribution in [2.24, 2.45) is 0 Å². The smallest absolute Gasteiger partial charge is 0.318 e. The van der Waals surface area contributed by atoms with Gasteiger partial charge in [-0.3, -0.25) is 4.98 Å². The number of hydrogen-bond donors (Lipinski definition) is 1. The summed E-state index contributed by atoms with van der Waals surface area (Å²) >= 11 is 0. The molecule has 2 heterocycles. The summed E-state index contributed by atoms with van der Waals surface area (Å²) in [5.74, 6) is 0. The van der Waals surface area contributed by atoms with Crippen molar-refractivity contribution in [3.8, 4) is 0 Å². The van der Waals surface area contributed by atoms with Gasteiger partial charge in [0.05, 0.1) is 12.2 Å². The first-order valence-electron chi connectivity index (χ1n) is 5.27. The lowest BCUT2D eigenvalue weighted by Crippen LogP contribution is -2.36. The number of nitrogens with one attached hydrogen (secondary N) is 1. The van der Waals surface area contributed by atoms with Gasteiger partial charge >= 0.3 is 6.03 Å². The van der Waals surface area contributed by atoms with E-state index in [1.165, 1.54) is 0 Å². The lowest BCUT2D eigenvalue weighted by molar-refractivity contribution is 0.198. The Morgan fingerprint density at radius 2 is 2.47 bits per heavy atom. The van der Waals surface area contributed by atoms with Gasteiger partial charge in [-0.25, -0.2) is 4.79 Å². The third kappa shape index (κ3) is 2.09. The van der Waals surface area contributed by atoms with Crippen molar-refractivity contribution in [2.75, 3.05) is 6.54 Å². The van der Waals surface area contributed by atoms with Gasteiger partial charge in [0.1, 0.15) is 0 Å². The summed E-state index contributed by atoms with van der Waals surface area (Å²) in [5, 5.41) is 2.87. The molecule has 0 aliphatic carbocycles. The molecule has 1 N–H and O–H groups in total. The molecule has 0 fully saturated rings. The minimum atomic E-state index is 0.00912. The van der Waals surface area contributed by atoms with E-state index in [1.807, 2.05) is 19.1 Å². The van der Waals surface area contributed by atoms with E-state index in [2.05, 4.69) is 10.3 Å². The maximum absolute atomic E-state index is 11.7. The fourth-order valence-electron chi connectivity index (χ4n) is 1.69. The van der Waals surface area contributed by atoms with Crippen LogP contribution in [-0.4, -0.2) is 22.5 Å². The highest BCUT2D eigenvalue weighted by Gasteiger charge is 2.23. The van der Waals surface area contributed by atoms with E-state index in [9.17, 15) is 4.79 Å². The SMILES string of the molecule is CCCNC(=O)N1Cc2cccnc2C1. The van der Waals surface area contributed by atoms with Crippen molar-refractivity contribution >= 4 is 6.03 Å². The molecule has 1 aliphatic rings. The molecule has 0 bridgehead atoms. The Kier molecular flexibility index (Phi) is 2.85. The van der Waals surface area contributed by atoms with Gasteiger partial charge < -0.3 is 10.2 Å². The van der Waals surface area contributed by atoms with Crippen molar-refractivity contribution in [1.29, 1.82) is 0 Å². The number of rotatable bonds is 2. The zero-order valence-corrected chi connectivity index (χ0v) is 8.86. The molecule has 1 aliphatic heterocycles. The molecule has 0 aromatic carbocycles. The molecular formula is C11H15N3O. The number of hydrogen-bond acceptors (Lipinski definition) is 2. The first-order chi connectivity index (χ1) is 7.31. The monoisotopic (exact) mass is 205 g/mol. The number of carbonyl (C=O) groups is 1. The average Bonchev–Trinajstić information content (AvgIpc) is 2.69. The molecule has 15 heavy (non-hydrogen) atoms. The number of nitrogens with zero attached hydrogens (tertiary/aromatic N) is 2. The molecule has 4 heteroatoms. The molecule has 0 atom stereocenters. The maximum atomic E-state index is 11.7. The molecule has 4 nitrogen and oxygen atoms in total. The summed E-state index contributed by atoms with van der Waals surface area (Å²) < 4.78 is 0. The Labute approximate surface area is 89.3 Å². The molecule has 0 radical (unpaired) electrons. The zero-order valence-electron chi connectivity index (χ0n) is 8.86. The third-order valence-electron chi connectivity index (χ3n) is 2.50. The second-order valence-corrected chi connectivity index (χ2v) is 3.70. The predicted molar refractivity (Wildman–Crippen MR) is 57.2 cm³/mol. The van der Waals surface area contributed by atoms with Gasteiger partial charge in [-0.15, -0.1) is 0 Å². The zero-order chi connectivity index (χ0) is 10.7. The highest BCUT2D eigenvalue weighted by atomic mass is 16.2. The fraction of sp³-hybridized carbons (Fsp3) is 0.455. The summed E-state index contributed by atoms with van der Waals surface area (Å²) in [7, 11) is 0. The Balaban J connectivity index is 1.98. The van der Waals surface area contributed by atoms with Gasteiger partial charge in [0.15, 0.2) is 0 Å². The van der Waals surface area contributed by atoms with Crippen LogP contribution in [0.25, 0.3) is 0 Å². The minimum absolute atomic E-state index is 0.00912. The predicted octanol–water partition coefficient (Wildman–Crippen LogP) is 1.52. The van der Waals surface area contributed by atoms with Crippen LogP contribution in [0.3, 0.4) is 0 Å². The van der Waals surface area contributed by atoms with Gasteiger partial charge in [0.25, 0.3) is 0 Å². The van der Waals surface area contributed by atoms with Gasteiger partial charge in [-0.05, 0) is 18.1 Å². The molecule has 2 rings (SSSR count).